The number of nitro groups is 1. The van der Waals surface area contributed by atoms with Crippen molar-refractivity contribution in [2.75, 3.05) is 27.4 Å². The van der Waals surface area contributed by atoms with Gasteiger partial charge in [0.05, 0.1) is 18.1 Å². The summed E-state index contributed by atoms with van der Waals surface area (Å²) in [5, 5.41) is 14.3. The van der Waals surface area contributed by atoms with E-state index in [4.69, 9.17) is 26.4 Å². The molecule has 1 aliphatic heterocycles. The summed E-state index contributed by atoms with van der Waals surface area (Å²) in [6.07, 6.45) is 2.39. The SMILES string of the molecule is COCCCN1C(=O)/C(=C\c2ccc(OC)c(COc3cccc([N+](=O)[O-])c3)c2)NC1=S. The maximum atomic E-state index is 12.7. The maximum absolute atomic E-state index is 12.7. The Morgan fingerprint density at radius 3 is 2.75 bits per heavy atom. The normalized spacial score (nSPS) is 14.6. The molecule has 0 radical (unpaired) electrons. The van der Waals surface area contributed by atoms with Crippen LogP contribution in [-0.4, -0.2) is 48.2 Å². The van der Waals surface area contributed by atoms with Crippen molar-refractivity contribution in [2.24, 2.45) is 0 Å². The highest BCUT2D eigenvalue weighted by Crippen LogP contribution is 2.25. The summed E-state index contributed by atoms with van der Waals surface area (Å²) >= 11 is 5.27. The molecule has 1 saturated heterocycles. The monoisotopic (exact) mass is 457 g/mol. The van der Waals surface area contributed by atoms with Gasteiger partial charge in [-0.15, -0.1) is 0 Å². The lowest BCUT2D eigenvalue weighted by molar-refractivity contribution is -0.384. The molecule has 0 bridgehead atoms. The second-order valence-corrected chi connectivity index (χ2v) is 7.29. The van der Waals surface area contributed by atoms with Gasteiger partial charge in [0.25, 0.3) is 11.6 Å². The molecular weight excluding hydrogens is 434 g/mol. The number of rotatable bonds is 10. The van der Waals surface area contributed by atoms with Gasteiger partial charge in [0.1, 0.15) is 23.8 Å². The van der Waals surface area contributed by atoms with Crippen molar-refractivity contribution in [3.05, 3.63) is 69.4 Å². The third kappa shape index (κ3) is 5.59. The lowest BCUT2D eigenvalue weighted by Crippen LogP contribution is -2.32. The van der Waals surface area contributed by atoms with Crippen molar-refractivity contribution in [2.45, 2.75) is 13.0 Å². The number of carbonyl (C=O) groups is 1. The van der Waals surface area contributed by atoms with Crippen LogP contribution in [0, 0.1) is 10.1 Å². The first-order valence-electron chi connectivity index (χ1n) is 9.80. The Balaban J connectivity index is 1.76. The highest BCUT2D eigenvalue weighted by Gasteiger charge is 2.30. The minimum absolute atomic E-state index is 0.0511. The van der Waals surface area contributed by atoms with Crippen LogP contribution in [-0.2, 0) is 16.1 Å². The van der Waals surface area contributed by atoms with Gasteiger partial charge in [0.15, 0.2) is 5.11 Å². The predicted molar refractivity (Wildman–Crippen MR) is 122 cm³/mol. The van der Waals surface area contributed by atoms with Crippen LogP contribution in [0.2, 0.25) is 0 Å². The lowest BCUT2D eigenvalue weighted by Gasteiger charge is -2.13. The van der Waals surface area contributed by atoms with Crippen LogP contribution in [0.4, 0.5) is 5.69 Å². The molecule has 9 nitrogen and oxygen atoms in total. The summed E-state index contributed by atoms with van der Waals surface area (Å²) in [5.74, 6) is 0.769. The fraction of sp³-hybridized carbons (Fsp3) is 0.273. The number of methoxy groups -OCH3 is 2. The first kappa shape index (κ1) is 23.2. The molecule has 0 saturated carbocycles. The van der Waals surface area contributed by atoms with Crippen LogP contribution in [0.15, 0.2) is 48.2 Å². The van der Waals surface area contributed by atoms with Gasteiger partial charge in [0.2, 0.25) is 0 Å². The van der Waals surface area contributed by atoms with Crippen LogP contribution in [0.25, 0.3) is 6.08 Å². The number of nitro benzene ring substituents is 1. The first-order chi connectivity index (χ1) is 15.4. The Morgan fingerprint density at radius 2 is 2.03 bits per heavy atom. The van der Waals surface area contributed by atoms with E-state index in [0.29, 0.717) is 41.9 Å². The number of ether oxygens (including phenoxy) is 3. The van der Waals surface area contributed by atoms with Gasteiger partial charge in [-0.3, -0.25) is 19.8 Å². The number of nitrogens with one attached hydrogen (secondary N) is 1. The number of non-ortho nitro benzene ring substituents is 1. The van der Waals surface area contributed by atoms with Gasteiger partial charge in [-0.1, -0.05) is 12.1 Å². The number of hydrogen-bond acceptors (Lipinski definition) is 7. The van der Waals surface area contributed by atoms with E-state index in [-0.39, 0.29) is 18.2 Å². The number of amides is 1. The van der Waals surface area contributed by atoms with Crippen molar-refractivity contribution in [1.82, 2.24) is 10.2 Å². The average Bonchev–Trinajstić information content (AvgIpc) is 3.05. The molecule has 1 heterocycles. The molecule has 0 atom stereocenters. The second kappa shape index (κ2) is 10.7. The van der Waals surface area contributed by atoms with E-state index in [0.717, 1.165) is 11.1 Å². The average molecular weight is 458 g/mol. The summed E-state index contributed by atoms with van der Waals surface area (Å²) in [4.78, 5) is 24.7. The van der Waals surface area contributed by atoms with Crippen LogP contribution in [0.3, 0.4) is 0 Å². The van der Waals surface area contributed by atoms with E-state index in [1.807, 2.05) is 12.1 Å². The van der Waals surface area contributed by atoms with Crippen LogP contribution >= 0.6 is 12.2 Å². The largest absolute Gasteiger partial charge is 0.496 e. The fourth-order valence-electron chi connectivity index (χ4n) is 3.16. The summed E-state index contributed by atoms with van der Waals surface area (Å²) < 4.78 is 16.2. The Hall–Kier alpha value is -3.50. The van der Waals surface area contributed by atoms with Crippen LogP contribution in [0.5, 0.6) is 11.5 Å². The molecule has 1 N–H and O–H groups in total. The van der Waals surface area contributed by atoms with E-state index in [9.17, 15) is 14.9 Å². The van der Waals surface area contributed by atoms with Gasteiger partial charge in [-0.05, 0) is 48.5 Å². The highest BCUT2D eigenvalue weighted by molar-refractivity contribution is 7.80. The standard InChI is InChI=1S/C22H23N3O6S/c1-29-10-4-9-24-21(26)19(23-22(24)32)12-15-7-8-20(30-2)16(11-15)14-31-18-6-3-5-17(13-18)25(27)28/h3,5-8,11-13H,4,9-10,14H2,1-2H3,(H,23,32)/b19-12+. The molecule has 1 aliphatic rings. The molecule has 1 amide bonds. The number of carbonyl (C=O) groups excluding carboxylic acids is 1. The zero-order chi connectivity index (χ0) is 23.1. The van der Waals surface area contributed by atoms with Crippen molar-refractivity contribution in [3.8, 4) is 11.5 Å². The smallest absolute Gasteiger partial charge is 0.276 e. The third-order valence-electron chi connectivity index (χ3n) is 4.73. The van der Waals surface area contributed by atoms with Crippen LogP contribution in [0.1, 0.15) is 17.5 Å². The van der Waals surface area contributed by atoms with E-state index in [1.54, 1.807) is 38.5 Å². The van der Waals surface area contributed by atoms with Crippen molar-refractivity contribution < 1.29 is 23.9 Å². The molecule has 2 aromatic carbocycles. The van der Waals surface area contributed by atoms with Gasteiger partial charge in [-0.25, -0.2) is 0 Å². The molecule has 0 unspecified atom stereocenters. The Bertz CT molecular complexity index is 1060. The molecule has 0 spiro atoms. The topological polar surface area (TPSA) is 103 Å². The predicted octanol–water partition coefficient (Wildman–Crippen LogP) is 3.28. The van der Waals surface area contributed by atoms with Gasteiger partial charge >= 0.3 is 0 Å². The third-order valence-corrected chi connectivity index (χ3v) is 5.05. The molecular formula is C22H23N3O6S. The van der Waals surface area contributed by atoms with Gasteiger partial charge in [-0.2, -0.15) is 0 Å². The molecule has 3 rings (SSSR count). The summed E-state index contributed by atoms with van der Waals surface area (Å²) in [6.45, 7) is 1.14. The van der Waals surface area contributed by atoms with Gasteiger partial charge < -0.3 is 19.5 Å². The molecule has 0 aromatic heterocycles. The first-order valence-corrected chi connectivity index (χ1v) is 10.2. The lowest BCUT2D eigenvalue weighted by atomic mass is 10.1. The Kier molecular flexibility index (Phi) is 7.74. The van der Waals surface area contributed by atoms with E-state index >= 15 is 0 Å². The Labute approximate surface area is 190 Å². The van der Waals surface area contributed by atoms with E-state index in [2.05, 4.69) is 5.32 Å². The number of benzene rings is 2. The van der Waals surface area contributed by atoms with Gasteiger partial charge in [0, 0.05) is 31.9 Å². The van der Waals surface area contributed by atoms with E-state index in [1.165, 1.54) is 17.0 Å². The zero-order valence-corrected chi connectivity index (χ0v) is 18.5. The maximum Gasteiger partial charge on any atom is 0.276 e. The molecule has 168 valence electrons. The fourth-order valence-corrected chi connectivity index (χ4v) is 3.44. The summed E-state index contributed by atoms with van der Waals surface area (Å²) in [5.41, 5.74) is 1.80. The minimum atomic E-state index is -0.477. The molecule has 0 aliphatic carbocycles. The summed E-state index contributed by atoms with van der Waals surface area (Å²) in [6, 6.07) is 11.4. The molecule has 2 aromatic rings. The Morgan fingerprint density at radius 1 is 1.22 bits per heavy atom. The quantitative estimate of drug-likeness (QED) is 0.191. The highest BCUT2D eigenvalue weighted by atomic mass is 32.1. The van der Waals surface area contributed by atoms with Crippen molar-refractivity contribution in [3.63, 3.8) is 0 Å². The number of hydrogen-bond donors (Lipinski definition) is 1. The number of nitrogens with zero attached hydrogens (tertiary/aromatic N) is 2. The second-order valence-electron chi connectivity index (χ2n) is 6.91. The molecule has 32 heavy (non-hydrogen) atoms. The minimum Gasteiger partial charge on any atom is -0.496 e. The molecule has 1 fully saturated rings. The van der Waals surface area contributed by atoms with E-state index < -0.39 is 4.92 Å². The van der Waals surface area contributed by atoms with Crippen LogP contribution < -0.4 is 14.8 Å². The number of thiocarbonyl (C=S) groups is 1. The van der Waals surface area contributed by atoms with Crippen molar-refractivity contribution >= 4 is 35.0 Å². The van der Waals surface area contributed by atoms with Crippen molar-refractivity contribution in [1.29, 1.82) is 0 Å². The molecule has 10 heteroatoms. The summed E-state index contributed by atoms with van der Waals surface area (Å²) in [7, 11) is 3.15. The zero-order valence-electron chi connectivity index (χ0n) is 17.7.